The summed E-state index contributed by atoms with van der Waals surface area (Å²) in [6.07, 6.45) is 1.77. The van der Waals surface area contributed by atoms with Crippen molar-refractivity contribution < 1.29 is 9.47 Å². The maximum atomic E-state index is 9.58. The minimum atomic E-state index is 0.439. The highest BCUT2D eigenvalue weighted by atomic mass is 35.5. The van der Waals surface area contributed by atoms with Gasteiger partial charge in [0.05, 0.1) is 37.0 Å². The van der Waals surface area contributed by atoms with E-state index in [-0.39, 0.29) is 0 Å². The fraction of sp³-hybridized carbons (Fsp3) is 0.250. The van der Waals surface area contributed by atoms with Crippen LogP contribution in [0.25, 0.3) is 11.6 Å². The van der Waals surface area contributed by atoms with Crippen LogP contribution in [0.1, 0.15) is 11.1 Å². The van der Waals surface area contributed by atoms with Crippen LogP contribution in [0.2, 0.25) is 10.0 Å². The molecule has 26 heavy (non-hydrogen) atoms. The van der Waals surface area contributed by atoms with Gasteiger partial charge >= 0.3 is 0 Å². The minimum absolute atomic E-state index is 0.439. The van der Waals surface area contributed by atoms with Gasteiger partial charge in [-0.05, 0) is 30.3 Å². The van der Waals surface area contributed by atoms with Crippen molar-refractivity contribution in [3.63, 3.8) is 0 Å². The molecule has 0 atom stereocenters. The van der Waals surface area contributed by atoms with Crippen molar-refractivity contribution in [1.82, 2.24) is 0 Å². The summed E-state index contributed by atoms with van der Waals surface area (Å²) < 4.78 is 10.9. The Morgan fingerprint density at radius 2 is 1.96 bits per heavy atom. The number of ether oxygens (including phenoxy) is 2. The fourth-order valence-electron chi connectivity index (χ4n) is 2.87. The number of nitriles is 1. The van der Waals surface area contributed by atoms with Crippen molar-refractivity contribution in [2.45, 2.75) is 0 Å². The average Bonchev–Trinajstić information content (AvgIpc) is 2.67. The van der Waals surface area contributed by atoms with E-state index in [9.17, 15) is 5.26 Å². The Labute approximate surface area is 163 Å². The molecule has 3 rings (SSSR count). The largest absolute Gasteiger partial charge is 0.496 e. The Bertz CT molecular complexity index is 869. The van der Waals surface area contributed by atoms with E-state index >= 15 is 0 Å². The van der Waals surface area contributed by atoms with E-state index in [1.54, 1.807) is 31.4 Å². The molecule has 0 saturated carbocycles. The van der Waals surface area contributed by atoms with Crippen LogP contribution in [0.5, 0.6) is 5.75 Å². The summed E-state index contributed by atoms with van der Waals surface area (Å²) >= 11 is 12.2. The molecule has 2 aromatic carbocycles. The van der Waals surface area contributed by atoms with Gasteiger partial charge in [-0.25, -0.2) is 0 Å². The lowest BCUT2D eigenvalue weighted by Gasteiger charge is -2.29. The van der Waals surface area contributed by atoms with E-state index < -0.39 is 0 Å². The normalized spacial score (nSPS) is 14.8. The van der Waals surface area contributed by atoms with Crippen molar-refractivity contribution in [2.24, 2.45) is 0 Å². The second-order valence-electron chi connectivity index (χ2n) is 5.82. The number of rotatable bonds is 4. The molecular weight excluding hydrogens is 371 g/mol. The van der Waals surface area contributed by atoms with Crippen LogP contribution in [0.4, 0.5) is 5.69 Å². The molecule has 1 heterocycles. The number of nitrogens with zero attached hydrogens (tertiary/aromatic N) is 2. The highest BCUT2D eigenvalue weighted by molar-refractivity contribution is 6.36. The lowest BCUT2D eigenvalue weighted by molar-refractivity contribution is 0.122. The molecule has 0 aromatic heterocycles. The van der Waals surface area contributed by atoms with Gasteiger partial charge in [-0.1, -0.05) is 29.3 Å². The van der Waals surface area contributed by atoms with Crippen molar-refractivity contribution in [2.75, 3.05) is 38.3 Å². The van der Waals surface area contributed by atoms with E-state index in [1.165, 1.54) is 0 Å². The molecule has 0 unspecified atom stereocenters. The van der Waals surface area contributed by atoms with Gasteiger partial charge in [0.2, 0.25) is 0 Å². The Morgan fingerprint density at radius 3 is 2.62 bits per heavy atom. The predicted molar refractivity (Wildman–Crippen MR) is 106 cm³/mol. The summed E-state index contributed by atoms with van der Waals surface area (Å²) in [6, 6.07) is 13.3. The lowest BCUT2D eigenvalue weighted by atomic mass is 10.0. The first-order valence-corrected chi connectivity index (χ1v) is 8.96. The molecule has 4 nitrogen and oxygen atoms in total. The lowest BCUT2D eigenvalue weighted by Crippen LogP contribution is -2.36. The zero-order chi connectivity index (χ0) is 18.5. The van der Waals surface area contributed by atoms with Crippen LogP contribution < -0.4 is 9.64 Å². The van der Waals surface area contributed by atoms with Crippen LogP contribution >= 0.6 is 23.2 Å². The second-order valence-corrected chi connectivity index (χ2v) is 6.66. The van der Waals surface area contributed by atoms with E-state index in [0.717, 1.165) is 37.6 Å². The molecule has 134 valence electrons. The predicted octanol–water partition coefficient (Wildman–Crippen LogP) is 4.90. The highest BCUT2D eigenvalue weighted by Gasteiger charge is 2.14. The first-order valence-electron chi connectivity index (χ1n) is 8.20. The maximum Gasteiger partial charge on any atom is 0.128 e. The molecule has 0 radical (unpaired) electrons. The molecule has 0 spiro atoms. The number of hydrogen-bond acceptors (Lipinski definition) is 4. The van der Waals surface area contributed by atoms with E-state index in [4.69, 9.17) is 32.7 Å². The van der Waals surface area contributed by atoms with Crippen LogP contribution in [-0.2, 0) is 4.74 Å². The fourth-order valence-corrected chi connectivity index (χ4v) is 3.38. The summed E-state index contributed by atoms with van der Waals surface area (Å²) in [7, 11) is 1.62. The third-order valence-electron chi connectivity index (χ3n) is 4.23. The Kier molecular flexibility index (Phi) is 6.05. The number of methoxy groups -OCH3 is 1. The van der Waals surface area contributed by atoms with Gasteiger partial charge in [0, 0.05) is 41.0 Å². The van der Waals surface area contributed by atoms with Gasteiger partial charge in [-0.2, -0.15) is 5.26 Å². The number of morpholine rings is 1. The zero-order valence-electron chi connectivity index (χ0n) is 14.3. The molecule has 1 aliphatic heterocycles. The molecule has 1 saturated heterocycles. The summed E-state index contributed by atoms with van der Waals surface area (Å²) in [4.78, 5) is 2.25. The standard InChI is InChI=1S/C20H18Cl2N2O2/c1-25-20-12-17(24-6-8-26-9-7-24)4-2-14(20)10-15(13-23)18-5-3-16(21)11-19(18)22/h2-5,10-12H,6-9H2,1H3. The monoisotopic (exact) mass is 388 g/mol. The highest BCUT2D eigenvalue weighted by Crippen LogP contribution is 2.32. The van der Waals surface area contributed by atoms with Crippen LogP contribution in [0, 0.1) is 11.3 Å². The molecule has 1 aliphatic rings. The maximum absolute atomic E-state index is 9.58. The summed E-state index contributed by atoms with van der Waals surface area (Å²) in [6.45, 7) is 3.14. The smallest absolute Gasteiger partial charge is 0.128 e. The SMILES string of the molecule is COc1cc(N2CCOCC2)ccc1C=C(C#N)c1ccc(Cl)cc1Cl. The topological polar surface area (TPSA) is 45.5 Å². The first kappa shape index (κ1) is 18.6. The van der Waals surface area contributed by atoms with E-state index in [1.807, 2.05) is 18.2 Å². The Morgan fingerprint density at radius 1 is 1.19 bits per heavy atom. The second kappa shape index (κ2) is 8.46. The third kappa shape index (κ3) is 4.13. The molecule has 2 aromatic rings. The molecule has 6 heteroatoms. The van der Waals surface area contributed by atoms with Crippen LogP contribution in [0.15, 0.2) is 36.4 Å². The molecular formula is C20H18Cl2N2O2. The molecule has 0 N–H and O–H groups in total. The van der Waals surface area contributed by atoms with Gasteiger partial charge in [0.25, 0.3) is 0 Å². The molecule has 0 aliphatic carbocycles. The Hall–Kier alpha value is -2.19. The first-order chi connectivity index (χ1) is 12.6. The quantitative estimate of drug-likeness (QED) is 0.551. The molecule has 1 fully saturated rings. The molecule has 0 bridgehead atoms. The number of hydrogen-bond donors (Lipinski definition) is 0. The summed E-state index contributed by atoms with van der Waals surface area (Å²) in [5.74, 6) is 0.701. The minimum Gasteiger partial charge on any atom is -0.496 e. The van der Waals surface area contributed by atoms with Crippen molar-refractivity contribution in [3.8, 4) is 11.8 Å². The zero-order valence-corrected chi connectivity index (χ0v) is 15.8. The number of halogens is 2. The summed E-state index contributed by atoms with van der Waals surface area (Å²) in [5.41, 5.74) is 2.97. The number of anilines is 1. The van der Waals surface area contributed by atoms with Gasteiger partial charge in [0.15, 0.2) is 0 Å². The van der Waals surface area contributed by atoms with Crippen molar-refractivity contribution in [3.05, 3.63) is 57.6 Å². The van der Waals surface area contributed by atoms with Crippen LogP contribution in [-0.4, -0.2) is 33.4 Å². The van der Waals surface area contributed by atoms with Crippen molar-refractivity contribution >= 4 is 40.5 Å². The number of allylic oxidation sites excluding steroid dienone is 1. The van der Waals surface area contributed by atoms with Crippen molar-refractivity contribution in [1.29, 1.82) is 5.26 Å². The summed E-state index contributed by atoms with van der Waals surface area (Å²) in [5, 5.41) is 10.6. The van der Waals surface area contributed by atoms with Gasteiger partial charge in [0.1, 0.15) is 5.75 Å². The van der Waals surface area contributed by atoms with Gasteiger partial charge in [-0.3, -0.25) is 0 Å². The van der Waals surface area contributed by atoms with Gasteiger partial charge in [-0.15, -0.1) is 0 Å². The number of benzene rings is 2. The Balaban J connectivity index is 1.96. The third-order valence-corrected chi connectivity index (χ3v) is 4.78. The van der Waals surface area contributed by atoms with Gasteiger partial charge < -0.3 is 14.4 Å². The van der Waals surface area contributed by atoms with E-state index in [2.05, 4.69) is 11.0 Å². The van der Waals surface area contributed by atoms with Crippen LogP contribution in [0.3, 0.4) is 0 Å². The van der Waals surface area contributed by atoms with E-state index in [0.29, 0.717) is 26.9 Å². The molecule has 0 amide bonds. The average molecular weight is 389 g/mol.